The van der Waals surface area contributed by atoms with Gasteiger partial charge in [-0.3, -0.25) is 14.9 Å². The van der Waals surface area contributed by atoms with Crippen LogP contribution in [0.15, 0.2) is 82.3 Å². The monoisotopic (exact) mass is 548 g/mol. The second-order valence-electron chi connectivity index (χ2n) is 9.76. The molecular formula is C29H28N2O7S. The number of benzene rings is 3. The van der Waals surface area contributed by atoms with Crippen molar-refractivity contribution in [1.82, 2.24) is 10.2 Å². The van der Waals surface area contributed by atoms with E-state index in [1.165, 1.54) is 12.1 Å². The second-order valence-corrected chi connectivity index (χ2v) is 11.8. The summed E-state index contributed by atoms with van der Waals surface area (Å²) in [6.07, 6.45) is 2.00. The van der Waals surface area contributed by atoms with Crippen molar-refractivity contribution in [3.8, 4) is 0 Å². The summed E-state index contributed by atoms with van der Waals surface area (Å²) in [5.74, 6) is -1.26. The molecule has 202 valence electrons. The van der Waals surface area contributed by atoms with Crippen molar-refractivity contribution in [3.05, 3.63) is 101 Å². The zero-order chi connectivity index (χ0) is 27.7. The van der Waals surface area contributed by atoms with Crippen LogP contribution >= 0.6 is 0 Å². The van der Waals surface area contributed by atoms with Crippen molar-refractivity contribution in [3.63, 3.8) is 0 Å². The van der Waals surface area contributed by atoms with Crippen molar-refractivity contribution in [2.45, 2.75) is 36.6 Å². The molecule has 0 bridgehead atoms. The molecule has 0 saturated heterocycles. The van der Waals surface area contributed by atoms with Crippen LogP contribution in [0.1, 0.15) is 38.8 Å². The molecule has 3 aromatic carbocycles. The van der Waals surface area contributed by atoms with Gasteiger partial charge in [-0.15, -0.1) is 0 Å². The fourth-order valence-electron chi connectivity index (χ4n) is 4.83. The number of aliphatic carboxylic acids is 1. The van der Waals surface area contributed by atoms with Crippen LogP contribution in [0.4, 0.5) is 0 Å². The van der Waals surface area contributed by atoms with Crippen LogP contribution in [0.25, 0.3) is 11.0 Å². The van der Waals surface area contributed by atoms with Gasteiger partial charge in [-0.1, -0.05) is 36.4 Å². The maximum Gasteiger partial charge on any atom is 0.321 e. The lowest BCUT2D eigenvalue weighted by molar-refractivity contribution is -0.140. The van der Waals surface area contributed by atoms with E-state index in [9.17, 15) is 28.2 Å². The largest absolute Gasteiger partial charge is 0.480 e. The normalized spacial score (nSPS) is 15.1. The van der Waals surface area contributed by atoms with Crippen molar-refractivity contribution < 1.29 is 32.6 Å². The fraction of sp³-hybridized carbons (Fsp3) is 0.241. The van der Waals surface area contributed by atoms with E-state index in [4.69, 9.17) is 4.42 Å². The number of fused-ring (bicyclic) bond motifs is 2. The summed E-state index contributed by atoms with van der Waals surface area (Å²) in [6.45, 7) is 0.923. The average molecular weight is 549 g/mol. The van der Waals surface area contributed by atoms with E-state index in [0.717, 1.165) is 22.8 Å². The predicted octanol–water partition coefficient (Wildman–Crippen LogP) is 3.31. The van der Waals surface area contributed by atoms with Crippen LogP contribution in [-0.2, 0) is 34.0 Å². The Labute approximate surface area is 225 Å². The number of carbonyl (C=O) groups is 2. The lowest BCUT2D eigenvalue weighted by atomic mass is 9.96. The molecule has 3 N–H and O–H groups in total. The number of furan rings is 1. The number of nitrogens with zero attached hydrogens (tertiary/aromatic N) is 1. The molecule has 1 aromatic heterocycles. The summed E-state index contributed by atoms with van der Waals surface area (Å²) in [6, 6.07) is 17.6. The van der Waals surface area contributed by atoms with Crippen LogP contribution < -0.4 is 5.32 Å². The minimum Gasteiger partial charge on any atom is -0.480 e. The zero-order valence-electron chi connectivity index (χ0n) is 21.2. The van der Waals surface area contributed by atoms with Crippen molar-refractivity contribution in [2.24, 2.45) is 0 Å². The van der Waals surface area contributed by atoms with Crippen LogP contribution in [0.5, 0.6) is 0 Å². The van der Waals surface area contributed by atoms with Gasteiger partial charge in [-0.25, -0.2) is 8.42 Å². The number of amides is 1. The topological polar surface area (TPSA) is 137 Å². The third kappa shape index (κ3) is 5.88. The number of carbonyl (C=O) groups excluding carboxylic acids is 1. The zero-order valence-corrected chi connectivity index (χ0v) is 22.0. The van der Waals surface area contributed by atoms with Gasteiger partial charge in [0.15, 0.2) is 9.84 Å². The number of hydrogen-bond donors (Lipinski definition) is 3. The lowest BCUT2D eigenvalue weighted by Gasteiger charge is -2.30. The molecule has 1 amide bonds. The molecular weight excluding hydrogens is 520 g/mol. The Kier molecular flexibility index (Phi) is 7.26. The van der Waals surface area contributed by atoms with Gasteiger partial charge in [0.25, 0.3) is 5.91 Å². The predicted molar refractivity (Wildman–Crippen MR) is 144 cm³/mol. The SMILES string of the molecule is CS(=O)(=O)c1cccc(C[C@H](NC(O)c2ccc3c(c2)CCN(C(=O)c2ccc4ccoc4c2)C3)C(=O)O)c1. The maximum atomic E-state index is 13.1. The Bertz CT molecular complexity index is 1660. The fourth-order valence-corrected chi connectivity index (χ4v) is 5.52. The van der Waals surface area contributed by atoms with Crippen LogP contribution in [0.3, 0.4) is 0 Å². The molecule has 4 aromatic rings. The van der Waals surface area contributed by atoms with E-state index in [2.05, 4.69) is 5.32 Å². The second kappa shape index (κ2) is 10.6. The summed E-state index contributed by atoms with van der Waals surface area (Å²) in [7, 11) is -3.43. The van der Waals surface area contributed by atoms with Gasteiger partial charge in [-0.05, 0) is 65.4 Å². The third-order valence-corrected chi connectivity index (χ3v) is 8.08. The molecule has 1 aliphatic heterocycles. The third-order valence-electron chi connectivity index (χ3n) is 6.97. The molecule has 0 fully saturated rings. The van der Waals surface area contributed by atoms with Crippen LogP contribution in [-0.4, -0.2) is 54.2 Å². The van der Waals surface area contributed by atoms with E-state index < -0.39 is 28.1 Å². The number of nitrogens with one attached hydrogen (secondary N) is 1. The first kappa shape index (κ1) is 26.6. The van der Waals surface area contributed by atoms with E-state index >= 15 is 0 Å². The Morgan fingerprint density at radius 3 is 2.64 bits per heavy atom. The van der Waals surface area contributed by atoms with Crippen LogP contribution in [0.2, 0.25) is 0 Å². The van der Waals surface area contributed by atoms with Gasteiger partial charge >= 0.3 is 5.97 Å². The number of aliphatic hydroxyl groups is 1. The first-order valence-electron chi connectivity index (χ1n) is 12.4. The summed E-state index contributed by atoms with van der Waals surface area (Å²) >= 11 is 0. The molecule has 0 radical (unpaired) electrons. The highest BCUT2D eigenvalue weighted by atomic mass is 32.2. The average Bonchev–Trinajstić information content (AvgIpc) is 3.39. The molecule has 1 unspecified atom stereocenters. The summed E-state index contributed by atoms with van der Waals surface area (Å²) in [4.78, 5) is 26.9. The highest BCUT2D eigenvalue weighted by Crippen LogP contribution is 2.26. The van der Waals surface area contributed by atoms with Crippen molar-refractivity contribution in [2.75, 3.05) is 12.8 Å². The Balaban J connectivity index is 1.27. The Morgan fingerprint density at radius 1 is 1.05 bits per heavy atom. The van der Waals surface area contributed by atoms with Gasteiger partial charge in [0.2, 0.25) is 0 Å². The minimum absolute atomic E-state index is 0.0123. The van der Waals surface area contributed by atoms with Gasteiger partial charge in [-0.2, -0.15) is 0 Å². The molecule has 9 nitrogen and oxygen atoms in total. The number of sulfone groups is 1. The van der Waals surface area contributed by atoms with E-state index in [-0.39, 0.29) is 17.2 Å². The number of carboxylic acid groups (broad SMARTS) is 1. The lowest BCUT2D eigenvalue weighted by Crippen LogP contribution is -2.41. The number of rotatable bonds is 8. The van der Waals surface area contributed by atoms with Crippen molar-refractivity contribution in [1.29, 1.82) is 0 Å². The highest BCUT2D eigenvalue weighted by molar-refractivity contribution is 7.90. The molecule has 2 atom stereocenters. The maximum absolute atomic E-state index is 13.1. The van der Waals surface area contributed by atoms with E-state index in [1.54, 1.807) is 41.5 Å². The minimum atomic E-state index is -3.43. The summed E-state index contributed by atoms with van der Waals surface area (Å²) in [5, 5.41) is 24.2. The van der Waals surface area contributed by atoms with E-state index in [1.807, 2.05) is 24.3 Å². The highest BCUT2D eigenvalue weighted by Gasteiger charge is 2.25. The molecule has 10 heteroatoms. The quantitative estimate of drug-likeness (QED) is 0.285. The number of hydrogen-bond acceptors (Lipinski definition) is 7. The molecule has 0 spiro atoms. The van der Waals surface area contributed by atoms with Crippen LogP contribution in [0, 0.1) is 0 Å². The molecule has 5 rings (SSSR count). The molecule has 0 saturated carbocycles. The van der Waals surface area contributed by atoms with Gasteiger partial charge in [0, 0.05) is 30.3 Å². The first-order chi connectivity index (χ1) is 18.6. The smallest absolute Gasteiger partial charge is 0.321 e. The molecule has 2 heterocycles. The van der Waals surface area contributed by atoms with Gasteiger partial charge in [0.1, 0.15) is 17.9 Å². The molecule has 1 aliphatic rings. The van der Waals surface area contributed by atoms with E-state index in [0.29, 0.717) is 41.8 Å². The molecule has 0 aliphatic carbocycles. The molecule has 39 heavy (non-hydrogen) atoms. The van der Waals surface area contributed by atoms with Gasteiger partial charge < -0.3 is 19.5 Å². The summed E-state index contributed by atoms with van der Waals surface area (Å²) in [5.41, 5.74) is 4.18. The number of aliphatic hydroxyl groups excluding tert-OH is 1. The first-order valence-corrected chi connectivity index (χ1v) is 14.3. The van der Waals surface area contributed by atoms with Gasteiger partial charge in [0.05, 0.1) is 11.2 Å². The van der Waals surface area contributed by atoms with Crippen molar-refractivity contribution >= 4 is 32.7 Å². The number of carboxylic acids is 1. The summed E-state index contributed by atoms with van der Waals surface area (Å²) < 4.78 is 29.1. The Morgan fingerprint density at radius 2 is 1.87 bits per heavy atom. The Hall–Kier alpha value is -3.99. The standard InChI is InChI=1S/C29H28N2O7S/c1-39(36,37)24-4-2-3-18(13-24)14-25(29(34)35)30-27(32)21-6-8-23-17-31(11-9-20(23)15-21)28(33)22-7-5-19-10-12-38-26(19)16-22/h2-8,10,12-13,15-16,25,27,30,32H,9,11,14,17H2,1H3,(H,34,35)/t25-,27?/m0/s1.